The number of fused-ring (bicyclic) bond motifs is 2. The van der Waals surface area contributed by atoms with E-state index in [0.29, 0.717) is 11.6 Å². The largest absolute Gasteiger partial charge is 0.379 e. The molecule has 1 saturated heterocycles. The molecular formula is C20H24N4O3S. The maximum atomic E-state index is 12.6. The Labute approximate surface area is 166 Å². The molecule has 5 rings (SSSR count). The molecule has 2 heterocycles. The van der Waals surface area contributed by atoms with Crippen LogP contribution in [0.3, 0.4) is 0 Å². The number of urea groups is 1. The molecule has 8 heteroatoms. The number of nitrogens with zero attached hydrogens (tertiary/aromatic N) is 2. The van der Waals surface area contributed by atoms with Gasteiger partial charge in [0.15, 0.2) is 16.0 Å². The highest BCUT2D eigenvalue weighted by Gasteiger charge is 2.26. The van der Waals surface area contributed by atoms with Crippen molar-refractivity contribution in [2.45, 2.75) is 56.0 Å². The molecule has 3 aliphatic rings. The third-order valence-electron chi connectivity index (χ3n) is 5.95. The summed E-state index contributed by atoms with van der Waals surface area (Å²) in [5, 5.41) is 7.72. The van der Waals surface area contributed by atoms with Gasteiger partial charge in [0.2, 0.25) is 0 Å². The number of hydrogen-bond donors (Lipinski definition) is 2. The summed E-state index contributed by atoms with van der Waals surface area (Å²) in [6.07, 6.45) is 9.09. The first kappa shape index (κ1) is 17.9. The predicted molar refractivity (Wildman–Crippen MR) is 106 cm³/mol. The van der Waals surface area contributed by atoms with Crippen LogP contribution in [0.1, 0.15) is 47.6 Å². The van der Waals surface area contributed by atoms with Crippen LogP contribution >= 0.6 is 0 Å². The van der Waals surface area contributed by atoms with Crippen LogP contribution in [-0.4, -0.2) is 33.2 Å². The Morgan fingerprint density at radius 3 is 2.61 bits per heavy atom. The molecule has 2 N–H and O–H groups in total. The first-order valence-electron chi connectivity index (χ1n) is 9.98. The van der Waals surface area contributed by atoms with Crippen molar-refractivity contribution >= 4 is 22.7 Å². The van der Waals surface area contributed by atoms with Gasteiger partial charge >= 0.3 is 6.03 Å². The molecule has 2 aliphatic carbocycles. The number of aromatic nitrogens is 2. The number of nitrogens with one attached hydrogen (secondary N) is 2. The van der Waals surface area contributed by atoms with Crippen molar-refractivity contribution in [3.8, 4) is 0 Å². The Bertz CT molecular complexity index is 917. The third-order valence-corrected chi connectivity index (χ3v) is 6.92. The molecule has 0 spiro atoms. The number of benzene rings is 1. The van der Waals surface area contributed by atoms with E-state index < -0.39 is 17.0 Å². The Morgan fingerprint density at radius 1 is 1.18 bits per heavy atom. The summed E-state index contributed by atoms with van der Waals surface area (Å²) in [4.78, 5) is 12.6. The molecule has 2 atom stereocenters. The van der Waals surface area contributed by atoms with Crippen LogP contribution in [-0.2, 0) is 41.4 Å². The Balaban J connectivity index is 1.30. The standard InChI is InChI=1S/C20H24N4O3S/c25-20(23-28(26)18-7-9-24(22-18)15-8-10-27-12-15)21-19-16-5-1-3-13(16)11-14-4-2-6-17(14)19/h7,9,11,15H,1-6,8,10,12H2,(H2,21,23,25). The summed E-state index contributed by atoms with van der Waals surface area (Å²) in [5.41, 5.74) is 6.18. The maximum absolute atomic E-state index is 12.6. The molecule has 2 aromatic rings. The van der Waals surface area contributed by atoms with Crippen molar-refractivity contribution < 1.29 is 13.7 Å². The van der Waals surface area contributed by atoms with E-state index in [1.165, 1.54) is 22.3 Å². The van der Waals surface area contributed by atoms with Gasteiger partial charge in [-0.25, -0.2) is 9.00 Å². The minimum Gasteiger partial charge on any atom is -0.379 e. The summed E-state index contributed by atoms with van der Waals surface area (Å²) < 4.78 is 22.3. The fraction of sp³-hybridized carbons (Fsp3) is 0.500. The lowest BCUT2D eigenvalue weighted by molar-refractivity contribution is 0.184. The lowest BCUT2D eigenvalue weighted by Crippen LogP contribution is -2.31. The molecule has 0 saturated carbocycles. The molecule has 148 valence electrons. The SMILES string of the molecule is O=C(Nc1c2c(cc3c1CCC3)CCC2)NS(=O)c1ccn(C2CCOC2)n1. The number of hydrogen-bond acceptors (Lipinski definition) is 4. The Morgan fingerprint density at radius 2 is 1.93 bits per heavy atom. The molecule has 1 aliphatic heterocycles. The first-order chi connectivity index (χ1) is 13.7. The van der Waals surface area contributed by atoms with Crippen LogP contribution in [0.5, 0.6) is 0 Å². The van der Waals surface area contributed by atoms with E-state index in [1.807, 2.05) is 0 Å². The van der Waals surface area contributed by atoms with E-state index in [1.54, 1.807) is 16.9 Å². The number of ether oxygens (including phenoxy) is 1. The van der Waals surface area contributed by atoms with Crippen LogP contribution in [0, 0.1) is 0 Å². The minimum atomic E-state index is -1.70. The van der Waals surface area contributed by atoms with E-state index in [0.717, 1.165) is 57.2 Å². The summed E-state index contributed by atoms with van der Waals surface area (Å²) in [6, 6.07) is 3.75. The second kappa shape index (κ2) is 7.33. The van der Waals surface area contributed by atoms with Gasteiger partial charge in [0.05, 0.1) is 12.6 Å². The highest BCUT2D eigenvalue weighted by molar-refractivity contribution is 7.83. The number of rotatable bonds is 4. The molecular weight excluding hydrogens is 376 g/mol. The predicted octanol–water partition coefficient (Wildman–Crippen LogP) is 2.67. The normalized spacial score (nSPS) is 21.4. The lowest BCUT2D eigenvalue weighted by Gasteiger charge is -2.16. The average molecular weight is 401 g/mol. The summed E-state index contributed by atoms with van der Waals surface area (Å²) in [5.74, 6) is 0. The smallest absolute Gasteiger partial charge is 0.331 e. The van der Waals surface area contributed by atoms with Gasteiger partial charge in [-0.2, -0.15) is 5.10 Å². The Kier molecular flexibility index (Phi) is 4.68. The van der Waals surface area contributed by atoms with E-state index >= 15 is 0 Å². The zero-order valence-electron chi connectivity index (χ0n) is 15.7. The van der Waals surface area contributed by atoms with Gasteiger partial charge in [0, 0.05) is 18.5 Å². The van der Waals surface area contributed by atoms with Crippen molar-refractivity contribution in [3.05, 3.63) is 40.6 Å². The monoisotopic (exact) mass is 400 g/mol. The highest BCUT2D eigenvalue weighted by Crippen LogP contribution is 2.38. The molecule has 0 radical (unpaired) electrons. The van der Waals surface area contributed by atoms with Gasteiger partial charge in [-0.15, -0.1) is 0 Å². The van der Waals surface area contributed by atoms with Crippen molar-refractivity contribution in [1.29, 1.82) is 0 Å². The van der Waals surface area contributed by atoms with E-state index in [4.69, 9.17) is 4.74 Å². The van der Waals surface area contributed by atoms with E-state index in [-0.39, 0.29) is 6.04 Å². The second-order valence-electron chi connectivity index (χ2n) is 7.71. The maximum Gasteiger partial charge on any atom is 0.331 e. The molecule has 2 unspecified atom stereocenters. The van der Waals surface area contributed by atoms with Gasteiger partial charge in [0.1, 0.15) is 0 Å². The van der Waals surface area contributed by atoms with Gasteiger partial charge in [-0.05, 0) is 73.3 Å². The fourth-order valence-corrected chi connectivity index (χ4v) is 5.27. The third kappa shape index (κ3) is 3.24. The quantitative estimate of drug-likeness (QED) is 0.826. The van der Waals surface area contributed by atoms with Gasteiger partial charge in [0.25, 0.3) is 0 Å². The topological polar surface area (TPSA) is 85.2 Å². The van der Waals surface area contributed by atoms with Crippen LogP contribution in [0.2, 0.25) is 0 Å². The molecule has 1 fully saturated rings. The number of carbonyl (C=O) groups is 1. The molecule has 28 heavy (non-hydrogen) atoms. The zero-order chi connectivity index (χ0) is 19.1. The van der Waals surface area contributed by atoms with Crippen molar-refractivity contribution in [2.24, 2.45) is 0 Å². The zero-order valence-corrected chi connectivity index (χ0v) is 16.5. The fourth-order valence-electron chi connectivity index (χ4n) is 4.60. The first-order valence-corrected chi connectivity index (χ1v) is 11.1. The molecule has 7 nitrogen and oxygen atoms in total. The average Bonchev–Trinajstić information content (AvgIpc) is 3.46. The summed E-state index contributed by atoms with van der Waals surface area (Å²) in [7, 11) is -1.70. The van der Waals surface area contributed by atoms with Crippen LogP contribution < -0.4 is 10.0 Å². The number of amides is 2. The van der Waals surface area contributed by atoms with Crippen molar-refractivity contribution in [2.75, 3.05) is 18.5 Å². The second-order valence-corrected chi connectivity index (χ2v) is 8.87. The van der Waals surface area contributed by atoms with Crippen LogP contribution in [0.4, 0.5) is 10.5 Å². The van der Waals surface area contributed by atoms with Gasteiger partial charge in [-0.3, -0.25) is 9.40 Å². The number of anilines is 1. The number of aryl methyl sites for hydroxylation is 2. The van der Waals surface area contributed by atoms with E-state index in [2.05, 4.69) is 21.2 Å². The molecule has 1 aromatic carbocycles. The molecule has 1 aromatic heterocycles. The van der Waals surface area contributed by atoms with Crippen molar-refractivity contribution in [3.63, 3.8) is 0 Å². The van der Waals surface area contributed by atoms with Gasteiger partial charge in [-0.1, -0.05) is 6.07 Å². The highest BCUT2D eigenvalue weighted by atomic mass is 32.2. The number of carbonyl (C=O) groups excluding carboxylic acids is 1. The lowest BCUT2D eigenvalue weighted by atomic mass is 9.99. The molecule has 2 amide bonds. The van der Waals surface area contributed by atoms with Gasteiger partial charge < -0.3 is 10.1 Å². The van der Waals surface area contributed by atoms with Crippen LogP contribution in [0.15, 0.2) is 23.4 Å². The van der Waals surface area contributed by atoms with Crippen LogP contribution in [0.25, 0.3) is 0 Å². The Hall–Kier alpha value is -2.19. The summed E-state index contributed by atoms with van der Waals surface area (Å²) >= 11 is 0. The summed E-state index contributed by atoms with van der Waals surface area (Å²) in [6.45, 7) is 1.33. The minimum absolute atomic E-state index is 0.175. The van der Waals surface area contributed by atoms with E-state index in [9.17, 15) is 9.00 Å². The molecule has 0 bridgehead atoms. The van der Waals surface area contributed by atoms with Crippen molar-refractivity contribution in [1.82, 2.24) is 14.5 Å².